The van der Waals surface area contributed by atoms with Gasteiger partial charge in [0.15, 0.2) is 0 Å². The fourth-order valence-corrected chi connectivity index (χ4v) is 16.7. The summed E-state index contributed by atoms with van der Waals surface area (Å²) in [6.07, 6.45) is 0. The second kappa shape index (κ2) is 15.3. The number of anilines is 3. The number of thiophene rings is 1. The summed E-state index contributed by atoms with van der Waals surface area (Å²) in [7, 11) is 0. The topological polar surface area (TPSA) is 3.24 Å². The molecule has 0 saturated carbocycles. The van der Waals surface area contributed by atoms with Gasteiger partial charge >= 0.3 is 0 Å². The van der Waals surface area contributed by atoms with Gasteiger partial charge in [-0.05, 0) is 151 Å². The Bertz CT molecular complexity index is 3970. The van der Waals surface area contributed by atoms with Gasteiger partial charge in [-0.25, -0.2) is 0 Å². The van der Waals surface area contributed by atoms with Crippen LogP contribution in [0, 0.1) is 0 Å². The molecule has 2 aliphatic heterocycles. The number of benzene rings is 11. The van der Waals surface area contributed by atoms with Gasteiger partial charge in [-0.15, -0.1) is 11.3 Å². The molecule has 0 N–H and O–H groups in total. The van der Waals surface area contributed by atoms with Crippen LogP contribution in [0.15, 0.2) is 268 Å². The molecule has 12 aromatic rings. The van der Waals surface area contributed by atoms with Crippen LogP contribution in [0.1, 0.15) is 44.5 Å². The van der Waals surface area contributed by atoms with Gasteiger partial charge in [-0.1, -0.05) is 199 Å². The van der Waals surface area contributed by atoms with Gasteiger partial charge in [0.2, 0.25) is 0 Å². The summed E-state index contributed by atoms with van der Waals surface area (Å²) < 4.78 is 2.64. The largest absolute Gasteiger partial charge is 0.310 e. The van der Waals surface area contributed by atoms with E-state index in [1.54, 1.807) is 0 Å². The second-order valence-electron chi connectivity index (χ2n) is 19.4. The molecule has 0 atom stereocenters. The predicted molar refractivity (Wildman–Crippen MR) is 302 cm³/mol. The smallest absolute Gasteiger partial charge is 0.0735 e. The Hall–Kier alpha value is -7.86. The molecule has 0 radical (unpaired) electrons. The molecule has 0 saturated heterocycles. The zero-order chi connectivity index (χ0) is 47.1. The van der Waals surface area contributed by atoms with E-state index in [4.69, 9.17) is 0 Å². The molecule has 4 aliphatic rings. The lowest BCUT2D eigenvalue weighted by molar-refractivity contribution is 0.722. The highest BCUT2D eigenvalue weighted by atomic mass is 32.2. The molecular weight excluding hydrogens is 927 g/mol. The Kier molecular flexibility index (Phi) is 8.69. The minimum Gasteiger partial charge on any atom is -0.310 e. The number of rotatable bonds is 4. The van der Waals surface area contributed by atoms with Gasteiger partial charge in [-0.2, -0.15) is 0 Å². The molecule has 2 aliphatic carbocycles. The monoisotopic (exact) mass is 967 g/mol. The molecule has 2 spiro atoms. The molecule has 11 aromatic carbocycles. The van der Waals surface area contributed by atoms with Gasteiger partial charge in [0.25, 0.3) is 0 Å². The lowest BCUT2D eigenvalue weighted by atomic mass is 9.67. The summed E-state index contributed by atoms with van der Waals surface area (Å²) >= 11 is 5.66. The molecule has 0 bridgehead atoms. The fraction of sp³-hybridized carbons (Fsp3) is 0.0294. The SMILES string of the molecule is c1ccc2c(c1)Sc1ccccc1C21c2ccccc2-c2cc(N(c3ccc(-c4cccc5sc6ccccc6c45)cc3)c3ccc4c(c3)-c3ccccc3C43c4ccccc4Sc4ccccc43)ccc21. The number of hydrogen-bond acceptors (Lipinski definition) is 4. The van der Waals surface area contributed by atoms with Crippen molar-refractivity contribution in [2.75, 3.05) is 4.90 Å². The van der Waals surface area contributed by atoms with Crippen LogP contribution in [0.2, 0.25) is 0 Å². The molecule has 4 heteroatoms. The van der Waals surface area contributed by atoms with Crippen molar-refractivity contribution in [3.8, 4) is 33.4 Å². The van der Waals surface area contributed by atoms with E-state index in [0.717, 1.165) is 17.1 Å². The molecule has 0 amide bonds. The molecule has 3 heterocycles. The Morgan fingerprint density at radius 1 is 0.278 bits per heavy atom. The Morgan fingerprint density at radius 3 is 1.18 bits per heavy atom. The van der Waals surface area contributed by atoms with Crippen LogP contribution < -0.4 is 4.90 Å². The molecular formula is C68H41NS3. The number of fused-ring (bicyclic) bond motifs is 21. The molecule has 72 heavy (non-hydrogen) atoms. The lowest BCUT2D eigenvalue weighted by Gasteiger charge is -2.40. The average Bonchev–Trinajstić information content (AvgIpc) is 4.07. The van der Waals surface area contributed by atoms with E-state index >= 15 is 0 Å². The van der Waals surface area contributed by atoms with Crippen LogP contribution in [-0.2, 0) is 10.8 Å². The van der Waals surface area contributed by atoms with Crippen molar-refractivity contribution >= 4 is 72.1 Å². The molecule has 1 aromatic heterocycles. The predicted octanol–water partition coefficient (Wildman–Crippen LogP) is 18.8. The Morgan fingerprint density at radius 2 is 0.667 bits per heavy atom. The summed E-state index contributed by atoms with van der Waals surface area (Å²) in [6, 6.07) is 94.2. The normalized spacial score (nSPS) is 14.5. The number of nitrogens with zero attached hydrogens (tertiary/aromatic N) is 1. The highest BCUT2D eigenvalue weighted by Crippen LogP contribution is 2.65. The average molecular weight is 968 g/mol. The first-order chi connectivity index (χ1) is 35.7. The summed E-state index contributed by atoms with van der Waals surface area (Å²) in [5.74, 6) is 0. The van der Waals surface area contributed by atoms with Gasteiger partial charge in [0, 0.05) is 56.8 Å². The van der Waals surface area contributed by atoms with Gasteiger partial charge in [0.05, 0.1) is 10.8 Å². The first kappa shape index (κ1) is 40.8. The van der Waals surface area contributed by atoms with Crippen molar-refractivity contribution in [2.45, 2.75) is 30.4 Å². The third-order valence-corrected chi connectivity index (χ3v) is 19.5. The first-order valence-corrected chi connectivity index (χ1v) is 27.2. The van der Waals surface area contributed by atoms with Crippen molar-refractivity contribution in [2.24, 2.45) is 0 Å². The van der Waals surface area contributed by atoms with Crippen LogP contribution in [-0.4, -0.2) is 0 Å². The molecule has 1 nitrogen and oxygen atoms in total. The zero-order valence-corrected chi connectivity index (χ0v) is 41.3. The highest BCUT2D eigenvalue weighted by Gasteiger charge is 2.52. The summed E-state index contributed by atoms with van der Waals surface area (Å²) in [5.41, 5.74) is 20.8. The maximum absolute atomic E-state index is 2.50. The van der Waals surface area contributed by atoms with Crippen LogP contribution in [0.25, 0.3) is 53.6 Å². The van der Waals surface area contributed by atoms with Crippen molar-refractivity contribution < 1.29 is 0 Å². The van der Waals surface area contributed by atoms with E-state index in [2.05, 4.69) is 254 Å². The highest BCUT2D eigenvalue weighted by molar-refractivity contribution is 7.99. The van der Waals surface area contributed by atoms with Crippen LogP contribution >= 0.6 is 34.9 Å². The van der Waals surface area contributed by atoms with E-state index in [1.807, 2.05) is 34.9 Å². The summed E-state index contributed by atoms with van der Waals surface area (Å²) in [5, 5.41) is 2.64. The maximum Gasteiger partial charge on any atom is 0.0735 e. The van der Waals surface area contributed by atoms with E-state index in [1.165, 1.54) is 118 Å². The lowest BCUT2D eigenvalue weighted by Crippen LogP contribution is -2.32. The zero-order valence-electron chi connectivity index (χ0n) is 38.8. The quantitative estimate of drug-likeness (QED) is 0.173. The van der Waals surface area contributed by atoms with Gasteiger partial charge < -0.3 is 4.90 Å². The third-order valence-electron chi connectivity index (χ3n) is 16.0. The van der Waals surface area contributed by atoms with Crippen molar-refractivity contribution in [3.63, 3.8) is 0 Å². The van der Waals surface area contributed by atoms with Crippen LogP contribution in [0.3, 0.4) is 0 Å². The Balaban J connectivity index is 0.928. The molecule has 0 fully saturated rings. The Labute approximate surface area is 431 Å². The molecule has 0 unspecified atom stereocenters. The molecule has 16 rings (SSSR count). The minimum atomic E-state index is -0.446. The van der Waals surface area contributed by atoms with Crippen molar-refractivity contribution in [1.82, 2.24) is 0 Å². The maximum atomic E-state index is 2.50. The standard InChI is InChI=1S/C68H41NS3/c1-4-20-52-47(16-1)50-40-44(36-38-54(50)67(52)56-22-6-11-27-61(56)71-62-28-12-7-23-57(62)67)69(43-34-32-42(33-35-43)46-19-15-31-65-66(46)49-18-3-10-26-60(49)70-65)45-37-39-55-51(41-45)48-17-2-5-21-53(48)68(55)58-24-8-13-29-63(58)72-64-30-14-9-25-59(64)68/h1-41H. The summed E-state index contributed by atoms with van der Waals surface area (Å²) in [4.78, 5) is 7.76. The number of hydrogen-bond donors (Lipinski definition) is 0. The summed E-state index contributed by atoms with van der Waals surface area (Å²) in [6.45, 7) is 0. The van der Waals surface area contributed by atoms with E-state index in [-0.39, 0.29) is 0 Å². The minimum absolute atomic E-state index is 0.446. The van der Waals surface area contributed by atoms with Crippen molar-refractivity contribution in [1.29, 1.82) is 0 Å². The van der Waals surface area contributed by atoms with E-state index in [0.29, 0.717) is 0 Å². The van der Waals surface area contributed by atoms with E-state index < -0.39 is 10.8 Å². The van der Waals surface area contributed by atoms with Gasteiger partial charge in [0.1, 0.15) is 0 Å². The fourth-order valence-electron chi connectivity index (χ4n) is 13.2. The van der Waals surface area contributed by atoms with Crippen LogP contribution in [0.4, 0.5) is 17.1 Å². The first-order valence-electron chi connectivity index (χ1n) is 24.7. The van der Waals surface area contributed by atoms with E-state index in [9.17, 15) is 0 Å². The third kappa shape index (κ3) is 5.41. The van der Waals surface area contributed by atoms with Gasteiger partial charge in [-0.3, -0.25) is 0 Å². The van der Waals surface area contributed by atoms with Crippen molar-refractivity contribution in [3.05, 3.63) is 293 Å². The molecule has 336 valence electrons. The van der Waals surface area contributed by atoms with Crippen LogP contribution in [0.5, 0.6) is 0 Å². The second-order valence-corrected chi connectivity index (χ2v) is 22.7.